The van der Waals surface area contributed by atoms with E-state index >= 15 is 0 Å². The average molecular weight is 589 g/mol. The molecule has 44 heavy (non-hydrogen) atoms. The summed E-state index contributed by atoms with van der Waals surface area (Å²) in [7, 11) is 0. The summed E-state index contributed by atoms with van der Waals surface area (Å²) in [6.45, 7) is 3.87. The average Bonchev–Trinajstić information content (AvgIpc) is 3.02. The quantitative estimate of drug-likeness (QED) is 0.255. The van der Waals surface area contributed by atoms with Crippen LogP contribution in [-0.4, -0.2) is 36.4 Å². The number of piperidine rings is 1. The highest BCUT2D eigenvalue weighted by Crippen LogP contribution is 2.60. The molecule has 8 rings (SSSR count). The summed E-state index contributed by atoms with van der Waals surface area (Å²) in [5.41, 5.74) is 6.26. The van der Waals surface area contributed by atoms with Gasteiger partial charge in [0, 0.05) is 37.3 Å². The Morgan fingerprint density at radius 2 is 1.45 bits per heavy atom. The molecule has 1 N–H and O–H groups in total. The first-order valence-electron chi connectivity index (χ1n) is 16.6. The van der Waals surface area contributed by atoms with Gasteiger partial charge in [-0.05, 0) is 97.3 Å². The van der Waals surface area contributed by atoms with Crippen molar-refractivity contribution < 1.29 is 14.3 Å². The predicted molar refractivity (Wildman–Crippen MR) is 175 cm³/mol. The number of hydrogen-bond acceptors (Lipinski definition) is 4. The molecule has 5 heteroatoms. The maximum Gasteiger partial charge on any atom is 0.411 e. The topological polar surface area (TPSA) is 58.6 Å². The normalized spacial score (nSPS) is 25.9. The highest BCUT2D eigenvalue weighted by Gasteiger charge is 2.51. The first kappa shape index (κ1) is 29.0. The molecule has 1 amide bonds. The molecule has 5 fully saturated rings. The predicted octanol–water partition coefficient (Wildman–Crippen LogP) is 8.56. The fraction of sp³-hybridized carbons (Fsp3) is 0.436. The van der Waals surface area contributed by atoms with E-state index in [4.69, 9.17) is 4.74 Å². The van der Waals surface area contributed by atoms with Gasteiger partial charge in [0.05, 0.1) is 0 Å². The maximum absolute atomic E-state index is 13.2. The minimum absolute atomic E-state index is 0.0223. The molecular formula is C39H44N2O3. The summed E-state index contributed by atoms with van der Waals surface area (Å²) in [6, 6.07) is 25.0. The summed E-state index contributed by atoms with van der Waals surface area (Å²) in [5.74, 6) is 3.10. The van der Waals surface area contributed by atoms with Crippen molar-refractivity contribution >= 4 is 23.6 Å². The SMILES string of the molecule is O=C(Nc1ccccc1CC(=O)c1ccc(C=C2CCN(CC34CC5CC(CC(C5)C3)C4)CC2)cc1)OCc1ccccc1. The van der Waals surface area contributed by atoms with Gasteiger partial charge in [0.15, 0.2) is 5.78 Å². The molecule has 3 aromatic rings. The van der Waals surface area contributed by atoms with Crippen LogP contribution >= 0.6 is 0 Å². The summed E-state index contributed by atoms with van der Waals surface area (Å²) in [5, 5.41) is 2.81. The fourth-order valence-corrected chi connectivity index (χ4v) is 9.04. The number of Topliss-reactive ketones (excluding diaryl/α,β-unsaturated/α-hetero) is 1. The fourth-order valence-electron chi connectivity index (χ4n) is 9.04. The molecule has 5 nitrogen and oxygen atoms in total. The molecule has 3 aromatic carbocycles. The summed E-state index contributed by atoms with van der Waals surface area (Å²) >= 11 is 0. The molecule has 0 radical (unpaired) electrons. The van der Waals surface area contributed by atoms with Crippen molar-refractivity contribution in [2.45, 2.75) is 64.4 Å². The lowest BCUT2D eigenvalue weighted by Crippen LogP contribution is -2.52. The standard InChI is InChI=1S/C39H44N2O3/c42-37(22-35-8-4-5-9-36(35)40-38(43)44-26-30-6-2-1-3-7-30)34-12-10-28(11-13-34)18-29-14-16-41(17-15-29)27-39-23-31-19-32(24-39)21-33(20-31)25-39/h1-13,18,31-33H,14-17,19-27H2,(H,40,43). The highest BCUT2D eigenvalue weighted by molar-refractivity contribution is 5.99. The third-order valence-corrected chi connectivity index (χ3v) is 10.6. The van der Waals surface area contributed by atoms with E-state index in [9.17, 15) is 9.59 Å². The minimum Gasteiger partial charge on any atom is -0.444 e. The Morgan fingerprint density at radius 3 is 2.14 bits per heavy atom. The summed E-state index contributed by atoms with van der Waals surface area (Å²) < 4.78 is 5.37. The van der Waals surface area contributed by atoms with Gasteiger partial charge in [0.1, 0.15) is 6.61 Å². The number of nitrogens with zero attached hydrogens (tertiary/aromatic N) is 1. The second kappa shape index (κ2) is 12.7. The van der Waals surface area contributed by atoms with Crippen LogP contribution in [0.25, 0.3) is 6.08 Å². The first-order valence-corrected chi connectivity index (χ1v) is 16.6. The number of ketones is 1. The Balaban J connectivity index is 0.906. The molecule has 5 aliphatic rings. The Morgan fingerprint density at radius 1 is 0.818 bits per heavy atom. The molecular weight excluding hydrogens is 544 g/mol. The van der Waals surface area contributed by atoms with Crippen LogP contribution in [0.15, 0.2) is 84.4 Å². The Bertz CT molecular complexity index is 1460. The lowest BCUT2D eigenvalue weighted by molar-refractivity contribution is -0.0698. The zero-order chi connectivity index (χ0) is 29.9. The van der Waals surface area contributed by atoms with Gasteiger partial charge in [-0.2, -0.15) is 0 Å². The lowest BCUT2D eigenvalue weighted by atomic mass is 9.49. The van der Waals surface area contributed by atoms with Crippen LogP contribution in [0.1, 0.15) is 78.4 Å². The van der Waals surface area contributed by atoms with Crippen molar-refractivity contribution in [2.24, 2.45) is 23.2 Å². The third-order valence-electron chi connectivity index (χ3n) is 10.6. The number of nitrogens with one attached hydrogen (secondary N) is 1. The molecule has 0 unspecified atom stereocenters. The van der Waals surface area contributed by atoms with Gasteiger partial charge >= 0.3 is 6.09 Å². The number of rotatable bonds is 9. The first-order chi connectivity index (χ1) is 21.5. The van der Waals surface area contributed by atoms with Gasteiger partial charge in [0.25, 0.3) is 0 Å². The van der Waals surface area contributed by atoms with E-state index in [0.717, 1.165) is 47.3 Å². The Kier molecular flexibility index (Phi) is 8.40. The van der Waals surface area contributed by atoms with Crippen molar-refractivity contribution in [1.29, 1.82) is 0 Å². The van der Waals surface area contributed by atoms with Crippen LogP contribution in [-0.2, 0) is 17.8 Å². The van der Waals surface area contributed by atoms with Crippen molar-refractivity contribution in [1.82, 2.24) is 4.90 Å². The molecule has 0 atom stereocenters. The van der Waals surface area contributed by atoms with E-state index in [0.29, 0.717) is 16.7 Å². The molecule has 1 heterocycles. The van der Waals surface area contributed by atoms with Crippen LogP contribution in [0.5, 0.6) is 0 Å². The second-order valence-corrected chi connectivity index (χ2v) is 14.1. The van der Waals surface area contributed by atoms with Gasteiger partial charge in [-0.25, -0.2) is 4.79 Å². The molecule has 1 saturated heterocycles. The van der Waals surface area contributed by atoms with E-state index in [1.807, 2.05) is 60.7 Å². The van der Waals surface area contributed by atoms with Gasteiger partial charge in [-0.15, -0.1) is 0 Å². The van der Waals surface area contributed by atoms with E-state index in [1.165, 1.54) is 63.7 Å². The smallest absolute Gasteiger partial charge is 0.411 e. The Hall–Kier alpha value is -3.70. The van der Waals surface area contributed by atoms with E-state index < -0.39 is 6.09 Å². The van der Waals surface area contributed by atoms with Gasteiger partial charge in [-0.3, -0.25) is 10.1 Å². The van der Waals surface area contributed by atoms with Crippen LogP contribution in [0, 0.1) is 23.2 Å². The molecule has 4 saturated carbocycles. The highest BCUT2D eigenvalue weighted by atomic mass is 16.5. The zero-order valence-corrected chi connectivity index (χ0v) is 25.7. The molecule has 0 spiro atoms. The van der Waals surface area contributed by atoms with Crippen LogP contribution in [0.2, 0.25) is 0 Å². The minimum atomic E-state index is -0.537. The van der Waals surface area contributed by atoms with Gasteiger partial charge in [0.2, 0.25) is 0 Å². The number of para-hydroxylation sites is 1. The number of amides is 1. The zero-order valence-electron chi connectivity index (χ0n) is 25.7. The van der Waals surface area contributed by atoms with Crippen LogP contribution in [0.3, 0.4) is 0 Å². The molecule has 4 bridgehead atoms. The van der Waals surface area contributed by atoms with Crippen molar-refractivity contribution in [3.05, 3.63) is 107 Å². The van der Waals surface area contributed by atoms with E-state index in [2.05, 4.69) is 28.4 Å². The number of hydrogen-bond donors (Lipinski definition) is 1. The number of likely N-dealkylation sites (tertiary alicyclic amines) is 1. The largest absolute Gasteiger partial charge is 0.444 e. The lowest BCUT2D eigenvalue weighted by Gasteiger charge is -2.58. The maximum atomic E-state index is 13.2. The monoisotopic (exact) mass is 588 g/mol. The number of benzene rings is 3. The summed E-state index contributed by atoms with van der Waals surface area (Å²) in [6.07, 6.45) is 13.3. The molecule has 0 aromatic heterocycles. The van der Waals surface area contributed by atoms with E-state index in [-0.39, 0.29) is 18.8 Å². The second-order valence-electron chi connectivity index (χ2n) is 14.1. The van der Waals surface area contributed by atoms with Crippen molar-refractivity contribution in [3.63, 3.8) is 0 Å². The molecule has 228 valence electrons. The van der Waals surface area contributed by atoms with Crippen LogP contribution < -0.4 is 5.32 Å². The van der Waals surface area contributed by atoms with Crippen molar-refractivity contribution in [3.8, 4) is 0 Å². The molecule has 1 aliphatic heterocycles. The number of carbonyl (C=O) groups excluding carboxylic acids is 2. The van der Waals surface area contributed by atoms with Crippen LogP contribution in [0.4, 0.5) is 10.5 Å². The van der Waals surface area contributed by atoms with Gasteiger partial charge in [-0.1, -0.05) is 84.4 Å². The van der Waals surface area contributed by atoms with E-state index in [1.54, 1.807) is 6.07 Å². The van der Waals surface area contributed by atoms with Crippen molar-refractivity contribution in [2.75, 3.05) is 25.0 Å². The number of anilines is 1. The molecule has 4 aliphatic carbocycles. The number of ether oxygens (including phenoxy) is 1. The Labute approximate surface area is 261 Å². The van der Waals surface area contributed by atoms with Gasteiger partial charge < -0.3 is 9.64 Å². The third kappa shape index (κ3) is 6.83. The number of carbonyl (C=O) groups is 2. The summed E-state index contributed by atoms with van der Waals surface area (Å²) in [4.78, 5) is 28.4.